The number of aromatic amines is 1. The van der Waals surface area contributed by atoms with Crippen LogP contribution in [0.5, 0.6) is 0 Å². The van der Waals surface area contributed by atoms with Gasteiger partial charge >= 0.3 is 0 Å². The Hall–Kier alpha value is -2.62. The topological polar surface area (TPSA) is 57.8 Å². The van der Waals surface area contributed by atoms with Gasteiger partial charge in [-0.2, -0.15) is 0 Å². The van der Waals surface area contributed by atoms with Crippen LogP contribution in [-0.4, -0.2) is 15.9 Å². The van der Waals surface area contributed by atoms with Crippen LogP contribution in [-0.2, 0) is 4.79 Å². The molecule has 1 unspecified atom stereocenters. The van der Waals surface area contributed by atoms with Gasteiger partial charge in [0, 0.05) is 11.3 Å². The van der Waals surface area contributed by atoms with Crippen molar-refractivity contribution in [1.29, 1.82) is 0 Å². The van der Waals surface area contributed by atoms with E-state index in [-0.39, 0.29) is 11.8 Å². The summed E-state index contributed by atoms with van der Waals surface area (Å²) in [6, 6.07) is 14.0. The molecule has 110 valence electrons. The Kier molecular flexibility index (Phi) is 2.79. The molecule has 2 aromatic carbocycles. The van der Waals surface area contributed by atoms with Gasteiger partial charge in [0.1, 0.15) is 5.82 Å². The molecule has 22 heavy (non-hydrogen) atoms. The highest BCUT2D eigenvalue weighted by Crippen LogP contribution is 2.39. The monoisotopic (exact) mass is 291 g/mol. The molecule has 0 spiro atoms. The number of carbonyl (C=O) groups is 1. The largest absolute Gasteiger partial charge is 0.338 e. The quantitative estimate of drug-likeness (QED) is 0.751. The van der Waals surface area contributed by atoms with Crippen molar-refractivity contribution in [2.45, 2.75) is 19.8 Å². The number of benzene rings is 2. The number of rotatable bonds is 2. The molecule has 0 fully saturated rings. The van der Waals surface area contributed by atoms with E-state index >= 15 is 0 Å². The van der Waals surface area contributed by atoms with Gasteiger partial charge in [0.15, 0.2) is 0 Å². The van der Waals surface area contributed by atoms with E-state index in [1.54, 1.807) is 0 Å². The van der Waals surface area contributed by atoms with Gasteiger partial charge in [-0.25, -0.2) is 4.98 Å². The molecule has 4 nitrogen and oxygen atoms in total. The fourth-order valence-electron chi connectivity index (χ4n) is 3.19. The van der Waals surface area contributed by atoms with E-state index in [2.05, 4.69) is 29.1 Å². The first kappa shape index (κ1) is 13.1. The minimum atomic E-state index is -0.0558. The van der Waals surface area contributed by atoms with Gasteiger partial charge in [-0.3, -0.25) is 4.79 Å². The Balaban J connectivity index is 1.79. The fraction of sp³-hybridized carbons (Fsp3) is 0.222. The van der Waals surface area contributed by atoms with Gasteiger partial charge in [-0.15, -0.1) is 0 Å². The van der Waals surface area contributed by atoms with Crippen molar-refractivity contribution in [3.63, 3.8) is 0 Å². The molecule has 0 bridgehead atoms. The lowest BCUT2D eigenvalue weighted by Crippen LogP contribution is -2.16. The van der Waals surface area contributed by atoms with Crippen LogP contribution in [0.4, 0.5) is 5.69 Å². The Morgan fingerprint density at radius 2 is 1.95 bits per heavy atom. The molecule has 1 amide bonds. The van der Waals surface area contributed by atoms with Crippen molar-refractivity contribution in [3.8, 4) is 11.4 Å². The highest BCUT2D eigenvalue weighted by molar-refractivity contribution is 6.03. The van der Waals surface area contributed by atoms with E-state index in [0.29, 0.717) is 5.92 Å². The Morgan fingerprint density at radius 3 is 2.73 bits per heavy atom. The van der Waals surface area contributed by atoms with Crippen LogP contribution in [0, 0.1) is 5.92 Å². The molecule has 1 aliphatic rings. The standard InChI is InChI=1S/C18H17N3O/c1-10(2)16-12-8-7-11(9-15(12)21-18(16)22)17-19-13-5-3-4-6-14(13)20-17/h3-10,16H,1-2H3,(H,19,20)(H,21,22). The normalized spacial score (nSPS) is 17.0. The predicted octanol–water partition coefficient (Wildman–Crippen LogP) is 3.92. The summed E-state index contributed by atoms with van der Waals surface area (Å²) < 4.78 is 0. The van der Waals surface area contributed by atoms with E-state index in [9.17, 15) is 4.79 Å². The SMILES string of the molecule is CC(C)C1C(=O)Nc2cc(-c3nc4ccccc4[nH]3)ccc21. The van der Waals surface area contributed by atoms with Crippen molar-refractivity contribution >= 4 is 22.6 Å². The number of nitrogens with zero attached hydrogens (tertiary/aromatic N) is 1. The number of nitrogens with one attached hydrogen (secondary N) is 2. The highest BCUT2D eigenvalue weighted by Gasteiger charge is 2.32. The van der Waals surface area contributed by atoms with Crippen LogP contribution in [0.3, 0.4) is 0 Å². The highest BCUT2D eigenvalue weighted by atomic mass is 16.2. The second kappa shape index (κ2) is 4.70. The first-order chi connectivity index (χ1) is 10.6. The minimum absolute atomic E-state index is 0.0558. The first-order valence-corrected chi connectivity index (χ1v) is 7.53. The number of amides is 1. The maximum atomic E-state index is 12.1. The number of hydrogen-bond donors (Lipinski definition) is 2. The Labute approximate surface area is 128 Å². The van der Waals surface area contributed by atoms with Gasteiger partial charge < -0.3 is 10.3 Å². The number of para-hydroxylation sites is 2. The minimum Gasteiger partial charge on any atom is -0.338 e. The van der Waals surface area contributed by atoms with Gasteiger partial charge in [0.05, 0.1) is 17.0 Å². The summed E-state index contributed by atoms with van der Waals surface area (Å²) >= 11 is 0. The second-order valence-corrected chi connectivity index (χ2v) is 6.12. The zero-order valence-corrected chi connectivity index (χ0v) is 12.6. The summed E-state index contributed by atoms with van der Waals surface area (Å²) in [7, 11) is 0. The summed E-state index contributed by atoms with van der Waals surface area (Å²) in [4.78, 5) is 20.1. The third-order valence-electron chi connectivity index (χ3n) is 4.26. The average molecular weight is 291 g/mol. The molecule has 0 aliphatic carbocycles. The maximum absolute atomic E-state index is 12.1. The number of H-pyrrole nitrogens is 1. The summed E-state index contributed by atoms with van der Waals surface area (Å²) in [6.07, 6.45) is 0. The molecule has 4 rings (SSSR count). The summed E-state index contributed by atoms with van der Waals surface area (Å²) in [5, 5.41) is 2.99. The molecule has 4 heteroatoms. The molecule has 1 aromatic heterocycles. The summed E-state index contributed by atoms with van der Waals surface area (Å²) in [5.41, 5.74) is 4.94. The molecular weight excluding hydrogens is 274 g/mol. The lowest BCUT2D eigenvalue weighted by atomic mass is 9.89. The number of carbonyl (C=O) groups excluding carboxylic acids is 1. The molecule has 0 saturated carbocycles. The molecule has 2 N–H and O–H groups in total. The third kappa shape index (κ3) is 1.91. The fourth-order valence-corrected chi connectivity index (χ4v) is 3.19. The van der Waals surface area contributed by atoms with E-state index < -0.39 is 0 Å². The van der Waals surface area contributed by atoms with E-state index in [0.717, 1.165) is 33.7 Å². The van der Waals surface area contributed by atoms with Crippen molar-refractivity contribution in [2.75, 3.05) is 5.32 Å². The molecule has 1 atom stereocenters. The van der Waals surface area contributed by atoms with Crippen LogP contribution in [0.1, 0.15) is 25.3 Å². The van der Waals surface area contributed by atoms with Crippen LogP contribution in [0.15, 0.2) is 42.5 Å². The number of aromatic nitrogens is 2. The Bertz CT molecular complexity index is 846. The number of imidazole rings is 1. The average Bonchev–Trinajstić information content (AvgIpc) is 3.05. The zero-order valence-electron chi connectivity index (χ0n) is 12.6. The lowest BCUT2D eigenvalue weighted by molar-refractivity contribution is -0.117. The number of fused-ring (bicyclic) bond motifs is 2. The number of anilines is 1. The van der Waals surface area contributed by atoms with Gasteiger partial charge in [0.25, 0.3) is 0 Å². The van der Waals surface area contributed by atoms with Crippen molar-refractivity contribution in [2.24, 2.45) is 5.92 Å². The smallest absolute Gasteiger partial charge is 0.232 e. The van der Waals surface area contributed by atoms with E-state index in [1.165, 1.54) is 0 Å². The molecule has 3 aromatic rings. The van der Waals surface area contributed by atoms with Gasteiger partial charge in [0.2, 0.25) is 5.91 Å². The van der Waals surface area contributed by atoms with Gasteiger partial charge in [-0.05, 0) is 29.7 Å². The van der Waals surface area contributed by atoms with Crippen LogP contribution >= 0.6 is 0 Å². The summed E-state index contributed by atoms with van der Waals surface area (Å²) in [6.45, 7) is 4.15. The zero-order chi connectivity index (χ0) is 15.3. The van der Waals surface area contributed by atoms with Crippen LogP contribution in [0.2, 0.25) is 0 Å². The molecule has 2 heterocycles. The van der Waals surface area contributed by atoms with E-state index in [1.807, 2.05) is 42.5 Å². The summed E-state index contributed by atoms with van der Waals surface area (Å²) in [5.74, 6) is 1.15. The van der Waals surface area contributed by atoms with Gasteiger partial charge in [-0.1, -0.05) is 38.1 Å². The molecular formula is C18H17N3O. The van der Waals surface area contributed by atoms with Crippen LogP contribution in [0.25, 0.3) is 22.4 Å². The first-order valence-electron chi connectivity index (χ1n) is 7.53. The van der Waals surface area contributed by atoms with E-state index in [4.69, 9.17) is 0 Å². The Morgan fingerprint density at radius 1 is 1.14 bits per heavy atom. The molecule has 0 radical (unpaired) electrons. The second-order valence-electron chi connectivity index (χ2n) is 6.12. The van der Waals surface area contributed by atoms with Crippen molar-refractivity contribution in [3.05, 3.63) is 48.0 Å². The number of hydrogen-bond acceptors (Lipinski definition) is 2. The van der Waals surface area contributed by atoms with Crippen LogP contribution < -0.4 is 5.32 Å². The lowest BCUT2D eigenvalue weighted by Gasteiger charge is -2.12. The van der Waals surface area contributed by atoms with Crippen molar-refractivity contribution < 1.29 is 4.79 Å². The predicted molar refractivity (Wildman–Crippen MR) is 87.7 cm³/mol. The molecule has 1 aliphatic heterocycles. The third-order valence-corrected chi connectivity index (χ3v) is 4.26. The maximum Gasteiger partial charge on any atom is 0.232 e. The molecule has 0 saturated heterocycles. The van der Waals surface area contributed by atoms with Crippen molar-refractivity contribution in [1.82, 2.24) is 9.97 Å².